The van der Waals surface area contributed by atoms with Crippen molar-refractivity contribution in [3.8, 4) is 0 Å². The van der Waals surface area contributed by atoms with Gasteiger partial charge in [-0.05, 0) is 55.4 Å². The Labute approximate surface area is 235 Å². The van der Waals surface area contributed by atoms with Crippen LogP contribution in [0.25, 0.3) is 0 Å². The standard InChI is InChI=1S/C31H25N5O3S/c1-20-16-17-21(2)27(18-20)29-26-14-7-8-15-28(26)31(34(32-29)23-10-5-4-6-11-23)35(33-30(40-31)22(3)37)24-12-9-13-25(19-24)36(38)39/h4-19H,1-3H3/t31-/m1/s1. The molecular weight excluding hydrogens is 522 g/mol. The van der Waals surface area contributed by atoms with Crippen LogP contribution < -0.4 is 10.0 Å². The number of aryl methyl sites for hydroxylation is 2. The molecule has 1 atom stereocenters. The van der Waals surface area contributed by atoms with E-state index in [1.807, 2.05) is 59.6 Å². The zero-order valence-corrected chi connectivity index (χ0v) is 22.9. The summed E-state index contributed by atoms with van der Waals surface area (Å²) in [7, 11) is 0. The van der Waals surface area contributed by atoms with Crippen molar-refractivity contribution in [3.05, 3.63) is 135 Å². The molecule has 2 heterocycles. The molecule has 0 radical (unpaired) electrons. The Balaban J connectivity index is 1.68. The number of para-hydroxylation sites is 1. The Hall–Kier alpha value is -4.76. The average molecular weight is 548 g/mol. The first kappa shape index (κ1) is 25.5. The van der Waals surface area contributed by atoms with Crippen LogP contribution in [-0.2, 0) is 9.79 Å². The number of fused-ring (bicyclic) bond motifs is 2. The number of hydrogen-bond donors (Lipinski definition) is 0. The molecule has 2 aliphatic heterocycles. The fourth-order valence-electron chi connectivity index (χ4n) is 5.07. The lowest BCUT2D eigenvalue weighted by Gasteiger charge is -2.47. The van der Waals surface area contributed by atoms with Crippen LogP contribution in [0.4, 0.5) is 17.1 Å². The molecule has 0 fully saturated rings. The van der Waals surface area contributed by atoms with Crippen LogP contribution in [0.5, 0.6) is 0 Å². The summed E-state index contributed by atoms with van der Waals surface area (Å²) in [4.78, 5) is 22.9. The number of thioether (sulfide) groups is 1. The Kier molecular flexibility index (Phi) is 6.23. The van der Waals surface area contributed by atoms with E-state index in [9.17, 15) is 14.9 Å². The molecule has 0 saturated carbocycles. The molecule has 0 aromatic heterocycles. The van der Waals surface area contributed by atoms with E-state index in [1.165, 1.54) is 30.8 Å². The molecule has 0 amide bonds. The van der Waals surface area contributed by atoms with Crippen molar-refractivity contribution in [3.63, 3.8) is 0 Å². The second-order valence-electron chi connectivity index (χ2n) is 9.72. The lowest BCUT2D eigenvalue weighted by Crippen LogP contribution is -2.54. The minimum Gasteiger partial charge on any atom is -0.292 e. The Bertz CT molecular complexity index is 1740. The number of benzene rings is 4. The largest absolute Gasteiger partial charge is 0.292 e. The van der Waals surface area contributed by atoms with Crippen molar-refractivity contribution in [2.24, 2.45) is 10.2 Å². The van der Waals surface area contributed by atoms with Gasteiger partial charge < -0.3 is 0 Å². The van der Waals surface area contributed by atoms with Crippen LogP contribution in [0.3, 0.4) is 0 Å². The first-order valence-corrected chi connectivity index (χ1v) is 13.6. The van der Waals surface area contributed by atoms with Crippen molar-refractivity contribution in [1.82, 2.24) is 0 Å². The zero-order chi connectivity index (χ0) is 28.0. The maximum Gasteiger partial charge on any atom is 0.271 e. The van der Waals surface area contributed by atoms with E-state index < -0.39 is 9.92 Å². The summed E-state index contributed by atoms with van der Waals surface area (Å²) in [5.41, 5.74) is 6.93. The number of carbonyl (C=O) groups is 1. The molecule has 40 heavy (non-hydrogen) atoms. The van der Waals surface area contributed by atoms with Gasteiger partial charge in [0.05, 0.1) is 22.0 Å². The molecular formula is C31H25N5O3S. The van der Waals surface area contributed by atoms with E-state index in [-0.39, 0.29) is 16.5 Å². The number of nitro groups is 1. The van der Waals surface area contributed by atoms with Gasteiger partial charge in [0.2, 0.25) is 4.99 Å². The van der Waals surface area contributed by atoms with Crippen LogP contribution >= 0.6 is 11.8 Å². The minimum atomic E-state index is -1.17. The van der Waals surface area contributed by atoms with E-state index in [0.717, 1.165) is 39.2 Å². The summed E-state index contributed by atoms with van der Waals surface area (Å²) in [6, 6.07) is 30.3. The number of hydrogen-bond acceptors (Lipinski definition) is 8. The van der Waals surface area contributed by atoms with Gasteiger partial charge in [-0.1, -0.05) is 66.2 Å². The predicted molar refractivity (Wildman–Crippen MR) is 160 cm³/mol. The highest BCUT2D eigenvalue weighted by molar-refractivity contribution is 8.17. The normalized spacial score (nSPS) is 17.9. The number of non-ortho nitro benzene ring substituents is 1. The molecule has 0 aliphatic carbocycles. The Morgan fingerprint density at radius 3 is 2.27 bits per heavy atom. The Morgan fingerprint density at radius 2 is 1.52 bits per heavy atom. The molecule has 1 spiro atoms. The molecule has 4 aromatic carbocycles. The third-order valence-electron chi connectivity index (χ3n) is 6.97. The van der Waals surface area contributed by atoms with E-state index in [0.29, 0.717) is 5.69 Å². The molecule has 9 heteroatoms. The van der Waals surface area contributed by atoms with Gasteiger partial charge in [0, 0.05) is 35.7 Å². The van der Waals surface area contributed by atoms with Gasteiger partial charge in [-0.2, -0.15) is 10.2 Å². The van der Waals surface area contributed by atoms with Crippen molar-refractivity contribution < 1.29 is 9.72 Å². The molecule has 8 nitrogen and oxygen atoms in total. The first-order valence-electron chi connectivity index (χ1n) is 12.7. The van der Waals surface area contributed by atoms with E-state index >= 15 is 0 Å². The molecule has 0 bridgehead atoms. The maximum atomic E-state index is 12.8. The highest BCUT2D eigenvalue weighted by Gasteiger charge is 2.56. The zero-order valence-electron chi connectivity index (χ0n) is 22.1. The number of ketones is 1. The van der Waals surface area contributed by atoms with E-state index in [4.69, 9.17) is 10.2 Å². The highest BCUT2D eigenvalue weighted by atomic mass is 32.2. The topological polar surface area (TPSA) is 91.4 Å². The van der Waals surface area contributed by atoms with Gasteiger partial charge in [-0.15, -0.1) is 0 Å². The van der Waals surface area contributed by atoms with Gasteiger partial charge in [-0.3, -0.25) is 14.9 Å². The predicted octanol–water partition coefficient (Wildman–Crippen LogP) is 6.75. The van der Waals surface area contributed by atoms with E-state index in [1.54, 1.807) is 17.1 Å². The summed E-state index contributed by atoms with van der Waals surface area (Å²) < 4.78 is 0. The number of rotatable bonds is 5. The molecule has 0 saturated heterocycles. The summed E-state index contributed by atoms with van der Waals surface area (Å²) in [5.74, 6) is -0.202. The quantitative estimate of drug-likeness (QED) is 0.203. The number of Topliss-reactive ketones (excluding diaryl/α,β-unsaturated/α-hetero) is 1. The van der Waals surface area contributed by atoms with Crippen LogP contribution in [0.15, 0.2) is 107 Å². The molecule has 0 N–H and O–H groups in total. The molecule has 6 rings (SSSR count). The fourth-order valence-corrected chi connectivity index (χ4v) is 6.36. The molecule has 4 aromatic rings. The monoisotopic (exact) mass is 547 g/mol. The van der Waals surface area contributed by atoms with E-state index in [2.05, 4.69) is 32.0 Å². The van der Waals surface area contributed by atoms with Gasteiger partial charge in [0.15, 0.2) is 10.8 Å². The maximum absolute atomic E-state index is 12.8. The molecule has 2 aliphatic rings. The third kappa shape index (κ3) is 4.06. The van der Waals surface area contributed by atoms with Gasteiger partial charge >= 0.3 is 0 Å². The average Bonchev–Trinajstić information content (AvgIpc) is 3.37. The smallest absolute Gasteiger partial charge is 0.271 e. The summed E-state index contributed by atoms with van der Waals surface area (Å²) in [6.45, 7) is 5.59. The summed E-state index contributed by atoms with van der Waals surface area (Å²) >= 11 is 1.28. The van der Waals surface area contributed by atoms with Crippen LogP contribution in [-0.4, -0.2) is 21.5 Å². The number of hydrazone groups is 2. The Morgan fingerprint density at radius 1 is 0.825 bits per heavy atom. The van der Waals surface area contributed by atoms with Crippen molar-refractivity contribution in [2.75, 3.05) is 10.0 Å². The van der Waals surface area contributed by atoms with Crippen LogP contribution in [0, 0.1) is 24.0 Å². The van der Waals surface area contributed by atoms with Crippen molar-refractivity contribution >= 4 is 45.4 Å². The van der Waals surface area contributed by atoms with Crippen LogP contribution in [0.2, 0.25) is 0 Å². The minimum absolute atomic E-state index is 0.0703. The fraction of sp³-hybridized carbons (Fsp3) is 0.129. The number of anilines is 2. The second-order valence-corrected chi connectivity index (χ2v) is 10.9. The number of nitrogens with zero attached hydrogens (tertiary/aromatic N) is 5. The molecule has 198 valence electrons. The summed E-state index contributed by atoms with van der Waals surface area (Å²) in [5, 5.41) is 25.6. The SMILES string of the molecule is CC(=O)C1=NN(c2cccc([N+](=O)[O-])c2)[C@@]2(S1)c1ccccc1C(c1cc(C)ccc1C)=NN2c1ccccc1. The second kappa shape index (κ2) is 9.77. The van der Waals surface area contributed by atoms with Gasteiger partial charge in [-0.25, -0.2) is 10.0 Å². The third-order valence-corrected chi connectivity index (χ3v) is 8.39. The number of nitro benzene ring substituents is 1. The van der Waals surface area contributed by atoms with Gasteiger partial charge in [0.1, 0.15) is 0 Å². The van der Waals surface area contributed by atoms with Crippen molar-refractivity contribution in [2.45, 2.75) is 25.8 Å². The highest BCUT2D eigenvalue weighted by Crippen LogP contribution is 2.55. The lowest BCUT2D eigenvalue weighted by atomic mass is 9.90. The number of carbonyl (C=O) groups excluding carboxylic acids is 1. The lowest BCUT2D eigenvalue weighted by molar-refractivity contribution is -0.384. The summed E-state index contributed by atoms with van der Waals surface area (Å²) in [6.07, 6.45) is 0. The first-order chi connectivity index (χ1) is 19.3. The van der Waals surface area contributed by atoms with Gasteiger partial charge in [0.25, 0.3) is 5.69 Å². The molecule has 0 unspecified atom stereocenters. The van der Waals surface area contributed by atoms with Crippen molar-refractivity contribution in [1.29, 1.82) is 0 Å². The van der Waals surface area contributed by atoms with Crippen LogP contribution in [0.1, 0.15) is 34.7 Å².